The lowest BCUT2D eigenvalue weighted by molar-refractivity contribution is -0.116. The summed E-state index contributed by atoms with van der Waals surface area (Å²) in [5.74, 6) is 0.250. The molecule has 0 aliphatic heterocycles. The molecular weight excluding hydrogens is 410 g/mol. The van der Waals surface area contributed by atoms with Crippen molar-refractivity contribution in [2.75, 3.05) is 19.0 Å². The van der Waals surface area contributed by atoms with Crippen molar-refractivity contribution in [3.05, 3.63) is 64.0 Å². The number of aryl methyl sites for hydroxylation is 1. The van der Waals surface area contributed by atoms with Gasteiger partial charge in [-0.05, 0) is 43.3 Å². The van der Waals surface area contributed by atoms with Crippen LogP contribution in [0, 0.1) is 6.92 Å². The lowest BCUT2D eigenvalue weighted by Gasteiger charge is -2.07. The summed E-state index contributed by atoms with van der Waals surface area (Å²) in [5, 5.41) is 8.41. The number of thiazole rings is 1. The SMILES string of the molecule is COc1ccc(C)cc1-c1csc(NC(=O)CCNC(=O)c2ccc(Cl)cc2)n1. The highest BCUT2D eigenvalue weighted by molar-refractivity contribution is 7.14. The van der Waals surface area contributed by atoms with Gasteiger partial charge in [0, 0.05) is 34.5 Å². The van der Waals surface area contributed by atoms with Crippen LogP contribution >= 0.6 is 22.9 Å². The monoisotopic (exact) mass is 429 g/mol. The molecule has 8 heteroatoms. The topological polar surface area (TPSA) is 80.3 Å². The van der Waals surface area contributed by atoms with Crippen molar-refractivity contribution in [2.24, 2.45) is 0 Å². The Balaban J connectivity index is 1.53. The molecule has 3 rings (SSSR count). The first kappa shape index (κ1) is 20.8. The van der Waals surface area contributed by atoms with Crippen molar-refractivity contribution in [3.8, 4) is 17.0 Å². The van der Waals surface area contributed by atoms with E-state index in [9.17, 15) is 9.59 Å². The zero-order valence-corrected chi connectivity index (χ0v) is 17.6. The second-order valence-electron chi connectivity index (χ2n) is 6.30. The fourth-order valence-corrected chi connectivity index (χ4v) is 3.50. The highest BCUT2D eigenvalue weighted by atomic mass is 35.5. The summed E-state index contributed by atoms with van der Waals surface area (Å²) in [5.41, 5.74) is 3.20. The van der Waals surface area contributed by atoms with Crippen LogP contribution in [0.1, 0.15) is 22.3 Å². The maximum absolute atomic E-state index is 12.2. The molecule has 0 aliphatic rings. The lowest BCUT2D eigenvalue weighted by atomic mass is 10.1. The Morgan fingerprint density at radius 1 is 1.17 bits per heavy atom. The number of nitrogens with one attached hydrogen (secondary N) is 2. The van der Waals surface area contributed by atoms with Crippen LogP contribution in [-0.2, 0) is 4.79 Å². The highest BCUT2D eigenvalue weighted by Gasteiger charge is 2.12. The van der Waals surface area contributed by atoms with E-state index in [4.69, 9.17) is 16.3 Å². The Morgan fingerprint density at radius 3 is 2.66 bits per heavy atom. The normalized spacial score (nSPS) is 10.4. The molecule has 29 heavy (non-hydrogen) atoms. The van der Waals surface area contributed by atoms with Gasteiger partial charge in [-0.1, -0.05) is 23.2 Å². The van der Waals surface area contributed by atoms with Gasteiger partial charge in [0.05, 0.1) is 12.8 Å². The number of nitrogens with zero attached hydrogens (tertiary/aromatic N) is 1. The van der Waals surface area contributed by atoms with Crippen LogP contribution in [0.4, 0.5) is 5.13 Å². The first-order chi connectivity index (χ1) is 14.0. The summed E-state index contributed by atoms with van der Waals surface area (Å²) in [7, 11) is 1.61. The van der Waals surface area contributed by atoms with Crippen molar-refractivity contribution in [1.29, 1.82) is 0 Å². The molecule has 2 amide bonds. The van der Waals surface area contributed by atoms with Crippen LogP contribution in [-0.4, -0.2) is 30.5 Å². The Bertz CT molecular complexity index is 1020. The van der Waals surface area contributed by atoms with Gasteiger partial charge in [0.2, 0.25) is 5.91 Å². The molecule has 0 atom stereocenters. The molecule has 0 spiro atoms. The van der Waals surface area contributed by atoms with Crippen LogP contribution < -0.4 is 15.4 Å². The summed E-state index contributed by atoms with van der Waals surface area (Å²) in [6.45, 7) is 2.22. The van der Waals surface area contributed by atoms with Crippen molar-refractivity contribution in [3.63, 3.8) is 0 Å². The third-order valence-electron chi connectivity index (χ3n) is 4.13. The Hall–Kier alpha value is -2.90. The lowest BCUT2D eigenvalue weighted by Crippen LogP contribution is -2.27. The van der Waals surface area contributed by atoms with E-state index < -0.39 is 0 Å². The largest absolute Gasteiger partial charge is 0.496 e. The number of ether oxygens (including phenoxy) is 1. The van der Waals surface area contributed by atoms with E-state index in [1.54, 1.807) is 31.4 Å². The van der Waals surface area contributed by atoms with E-state index in [0.29, 0.717) is 15.7 Å². The van der Waals surface area contributed by atoms with Gasteiger partial charge >= 0.3 is 0 Å². The highest BCUT2D eigenvalue weighted by Crippen LogP contribution is 2.32. The Kier molecular flexibility index (Phi) is 6.85. The van der Waals surface area contributed by atoms with Crippen LogP contribution in [0.25, 0.3) is 11.3 Å². The number of anilines is 1. The molecule has 2 N–H and O–H groups in total. The van der Waals surface area contributed by atoms with Crippen molar-refractivity contribution in [1.82, 2.24) is 10.3 Å². The second-order valence-corrected chi connectivity index (χ2v) is 7.60. The molecule has 0 aliphatic carbocycles. The van der Waals surface area contributed by atoms with Gasteiger partial charge in [-0.2, -0.15) is 0 Å². The van der Waals surface area contributed by atoms with Crippen LogP contribution in [0.15, 0.2) is 47.8 Å². The molecule has 1 aromatic heterocycles. The van der Waals surface area contributed by atoms with Gasteiger partial charge in [-0.15, -0.1) is 11.3 Å². The second kappa shape index (κ2) is 9.54. The Labute approximate surface area is 177 Å². The minimum absolute atomic E-state index is 0.141. The summed E-state index contributed by atoms with van der Waals surface area (Å²) in [6, 6.07) is 12.4. The molecular formula is C21H20ClN3O3S. The zero-order valence-electron chi connectivity index (χ0n) is 16.0. The number of benzene rings is 2. The molecule has 0 saturated carbocycles. The van der Waals surface area contributed by atoms with E-state index in [0.717, 1.165) is 22.6 Å². The molecule has 0 bridgehead atoms. The quantitative estimate of drug-likeness (QED) is 0.577. The smallest absolute Gasteiger partial charge is 0.251 e. The van der Waals surface area contributed by atoms with Gasteiger partial charge in [0.25, 0.3) is 5.91 Å². The number of aromatic nitrogens is 1. The molecule has 0 radical (unpaired) electrons. The van der Waals surface area contributed by atoms with E-state index in [-0.39, 0.29) is 24.8 Å². The summed E-state index contributed by atoms with van der Waals surface area (Å²) >= 11 is 7.15. The number of hydrogen-bond acceptors (Lipinski definition) is 5. The van der Waals surface area contributed by atoms with E-state index in [2.05, 4.69) is 15.6 Å². The van der Waals surface area contributed by atoms with Gasteiger partial charge in [0.1, 0.15) is 5.75 Å². The molecule has 2 aromatic carbocycles. The van der Waals surface area contributed by atoms with Crippen molar-refractivity contribution < 1.29 is 14.3 Å². The van der Waals surface area contributed by atoms with Gasteiger partial charge < -0.3 is 15.4 Å². The minimum atomic E-state index is -0.252. The van der Waals surface area contributed by atoms with E-state index in [1.807, 2.05) is 30.5 Å². The number of methoxy groups -OCH3 is 1. The molecule has 0 saturated heterocycles. The van der Waals surface area contributed by atoms with Gasteiger partial charge in [-0.25, -0.2) is 4.98 Å². The molecule has 6 nitrogen and oxygen atoms in total. The molecule has 0 unspecified atom stereocenters. The van der Waals surface area contributed by atoms with Crippen molar-refractivity contribution in [2.45, 2.75) is 13.3 Å². The van der Waals surface area contributed by atoms with E-state index in [1.165, 1.54) is 11.3 Å². The molecule has 0 fully saturated rings. The maximum atomic E-state index is 12.2. The summed E-state index contributed by atoms with van der Waals surface area (Å²) in [4.78, 5) is 28.7. The first-order valence-corrected chi connectivity index (χ1v) is 10.2. The number of halogens is 1. The standard InChI is InChI=1S/C21H20ClN3O3S/c1-13-3-8-18(28-2)16(11-13)17-12-29-21(24-17)25-19(26)9-10-23-20(27)14-4-6-15(22)7-5-14/h3-8,11-12H,9-10H2,1-2H3,(H,23,27)(H,24,25,26). The van der Waals surface area contributed by atoms with Gasteiger partial charge in [0.15, 0.2) is 5.13 Å². The molecule has 3 aromatic rings. The third-order valence-corrected chi connectivity index (χ3v) is 5.14. The Morgan fingerprint density at radius 2 is 1.93 bits per heavy atom. The fourth-order valence-electron chi connectivity index (χ4n) is 2.65. The average molecular weight is 430 g/mol. The van der Waals surface area contributed by atoms with Crippen LogP contribution in [0.3, 0.4) is 0 Å². The van der Waals surface area contributed by atoms with Gasteiger partial charge in [-0.3, -0.25) is 9.59 Å². The predicted octanol–water partition coefficient (Wildman–Crippen LogP) is 4.54. The first-order valence-electron chi connectivity index (χ1n) is 8.90. The third kappa shape index (κ3) is 5.56. The zero-order chi connectivity index (χ0) is 20.8. The predicted molar refractivity (Wildman–Crippen MR) is 116 cm³/mol. The minimum Gasteiger partial charge on any atom is -0.496 e. The number of amides is 2. The van der Waals surface area contributed by atoms with E-state index >= 15 is 0 Å². The fraction of sp³-hybridized carbons (Fsp3) is 0.190. The molecule has 1 heterocycles. The number of carbonyl (C=O) groups excluding carboxylic acids is 2. The number of rotatable bonds is 7. The summed E-state index contributed by atoms with van der Waals surface area (Å²) < 4.78 is 5.39. The average Bonchev–Trinajstić information content (AvgIpc) is 3.16. The van der Waals surface area contributed by atoms with Crippen LogP contribution in [0.2, 0.25) is 5.02 Å². The molecule has 150 valence electrons. The maximum Gasteiger partial charge on any atom is 0.251 e. The number of hydrogen-bond donors (Lipinski definition) is 2. The number of carbonyl (C=O) groups is 2. The van der Waals surface area contributed by atoms with Crippen molar-refractivity contribution >= 4 is 39.9 Å². The van der Waals surface area contributed by atoms with Crippen LogP contribution in [0.5, 0.6) is 5.75 Å². The summed E-state index contributed by atoms with van der Waals surface area (Å²) in [6.07, 6.45) is 0.141.